The first-order valence-electron chi connectivity index (χ1n) is 1.78. The van der Waals surface area contributed by atoms with Gasteiger partial charge in [-0.15, -0.1) is 0 Å². The maximum atomic E-state index is 9.44. The topological polar surface area (TPSA) is 117 Å². The molecule has 0 heterocycles. The summed E-state index contributed by atoms with van der Waals surface area (Å²) in [5, 5.41) is 0. The Kier molecular flexibility index (Phi) is 1690. The molecule has 0 saturated carbocycles. The van der Waals surface area contributed by atoms with Gasteiger partial charge in [0.05, 0.1) is 0 Å². The van der Waals surface area contributed by atoms with Crippen LogP contribution < -0.4 is 0 Å². The minimum Gasteiger partial charge on any atom is -0.412 e. The Morgan fingerprint density at radius 3 is 0.800 bits per heavy atom. The van der Waals surface area contributed by atoms with Crippen molar-refractivity contribution in [2.24, 2.45) is 0 Å². The average Bonchev–Trinajstić information content (AvgIpc) is 1.71. The highest BCUT2D eigenvalue weighted by molar-refractivity contribution is 5.72. The third kappa shape index (κ3) is 735. The van der Waals surface area contributed by atoms with E-state index in [2.05, 4.69) is 0 Å². The second-order valence-corrected chi connectivity index (χ2v) is 0.992. The molecule has 0 aliphatic heterocycles. The molecule has 2 N–H and O–H groups in total. The van der Waals surface area contributed by atoms with Gasteiger partial charge in [0.1, 0.15) is 5.78 Å². The molecule has 0 aromatic rings. The highest BCUT2D eigenvalue weighted by atomic mass is 16.7. The van der Waals surface area contributed by atoms with E-state index in [-0.39, 0.29) is 54.5 Å². The summed E-state index contributed by atoms with van der Waals surface area (Å²) >= 11 is 0. The molecule has 15 heavy (non-hydrogen) atoms. The number of hydrogen-bond acceptors (Lipinski definition) is 5. The van der Waals surface area contributed by atoms with E-state index >= 15 is 0 Å². The normalized spacial score (nSPS) is 2.53. The summed E-state index contributed by atoms with van der Waals surface area (Å²) in [6.07, 6.45) is 0.250. The molecular formula is C9H28O6. The molecule has 0 unspecified atom stereocenters. The smallest absolute Gasteiger partial charge is 0.373 e. The number of rotatable bonds is 0. The van der Waals surface area contributed by atoms with Crippen LogP contribution in [0.1, 0.15) is 51.0 Å². The summed E-state index contributed by atoms with van der Waals surface area (Å²) in [6.45, 7) is 3.06. The highest BCUT2D eigenvalue weighted by Crippen LogP contribution is 1.50. The summed E-state index contributed by atoms with van der Waals surface area (Å²) in [6, 6.07) is 0. The summed E-state index contributed by atoms with van der Waals surface area (Å²) in [4.78, 5) is 39.7. The Balaban J connectivity index is -0.00000000443. The quantitative estimate of drug-likeness (QED) is 0.635. The van der Waals surface area contributed by atoms with Crippen LogP contribution in [-0.4, -0.2) is 17.4 Å². The maximum Gasteiger partial charge on any atom is 0.373 e. The molecule has 0 spiro atoms. The Morgan fingerprint density at radius 1 is 0.800 bits per heavy atom. The van der Waals surface area contributed by atoms with E-state index in [1.54, 1.807) is 0 Å². The molecule has 6 heteroatoms. The summed E-state index contributed by atoms with van der Waals surface area (Å²) in [5.41, 5.74) is 0. The van der Waals surface area contributed by atoms with Gasteiger partial charge in [-0.1, -0.05) is 37.1 Å². The van der Waals surface area contributed by atoms with E-state index in [0.29, 0.717) is 0 Å². The summed E-state index contributed by atoms with van der Waals surface area (Å²) in [7, 11) is 0. The van der Waals surface area contributed by atoms with Gasteiger partial charge >= 0.3 is 6.15 Å². The number of ketones is 1. The van der Waals surface area contributed by atoms with Crippen molar-refractivity contribution >= 4 is 11.9 Å². The van der Waals surface area contributed by atoms with E-state index in [9.17, 15) is 4.79 Å². The molecule has 6 nitrogen and oxygen atoms in total. The number of carbonyl (C=O) groups is 1. The standard InChI is InChI=1S/C3H6O.CO2.5CH4.O2.H2O/c1-3(2)4;2-1-3;;;;;;1-2;/h1-2H3;;5*1H4;;1H2. The third-order valence-electron chi connectivity index (χ3n) is 0. The van der Waals surface area contributed by atoms with Crippen molar-refractivity contribution in [3.8, 4) is 0 Å². The van der Waals surface area contributed by atoms with Crippen LogP contribution in [0.2, 0.25) is 0 Å². The third-order valence-corrected chi connectivity index (χ3v) is 0. The van der Waals surface area contributed by atoms with E-state index < -0.39 is 0 Å². The lowest BCUT2D eigenvalue weighted by atomic mass is 10.6. The fraction of sp³-hybridized carbons (Fsp3) is 0.778. The average molecular weight is 232 g/mol. The first-order valence-corrected chi connectivity index (χ1v) is 1.78. The second-order valence-electron chi connectivity index (χ2n) is 0.992. The van der Waals surface area contributed by atoms with Gasteiger partial charge in [-0.3, -0.25) is 0 Å². The summed E-state index contributed by atoms with van der Waals surface area (Å²) in [5.74, 6) is 0.167. The molecule has 0 saturated heterocycles. The zero-order valence-electron chi connectivity index (χ0n) is 5.54. The molecule has 0 aliphatic rings. The number of hydrogen-bond donors (Lipinski definition) is 0. The van der Waals surface area contributed by atoms with Gasteiger partial charge in [-0.2, -0.15) is 9.59 Å². The van der Waals surface area contributed by atoms with E-state index in [4.69, 9.17) is 19.5 Å². The van der Waals surface area contributed by atoms with Crippen molar-refractivity contribution in [3.05, 3.63) is 9.93 Å². The number of carbonyl (C=O) groups excluding carboxylic acids is 3. The molecular weight excluding hydrogens is 204 g/mol. The molecule has 100 valence electrons. The van der Waals surface area contributed by atoms with Crippen LogP contribution in [-0.2, 0) is 14.4 Å². The molecule has 0 rings (SSSR count). The van der Waals surface area contributed by atoms with Crippen LogP contribution in [0.25, 0.3) is 0 Å². The van der Waals surface area contributed by atoms with Crippen molar-refractivity contribution in [3.63, 3.8) is 0 Å². The van der Waals surface area contributed by atoms with Crippen LogP contribution in [0.5, 0.6) is 0 Å². The van der Waals surface area contributed by atoms with E-state index in [1.165, 1.54) is 13.8 Å². The summed E-state index contributed by atoms with van der Waals surface area (Å²) < 4.78 is 0. The maximum absolute atomic E-state index is 9.44. The Labute approximate surface area is 93.6 Å². The van der Waals surface area contributed by atoms with Crippen LogP contribution >= 0.6 is 0 Å². The first-order chi connectivity index (χ1) is 4.15. The molecule has 0 aromatic heterocycles. The lowest BCUT2D eigenvalue weighted by molar-refractivity contribution is -0.191. The fourth-order valence-corrected chi connectivity index (χ4v) is 0. The molecule has 0 aliphatic carbocycles. The van der Waals surface area contributed by atoms with Crippen LogP contribution in [0.3, 0.4) is 0 Å². The monoisotopic (exact) mass is 232 g/mol. The Bertz CT molecular complexity index is 92.8. The molecule has 0 bridgehead atoms. The molecule has 0 atom stereocenters. The van der Waals surface area contributed by atoms with Crippen molar-refractivity contribution < 1.29 is 19.9 Å². The van der Waals surface area contributed by atoms with Gasteiger partial charge in [0.25, 0.3) is 0 Å². The predicted octanol–water partition coefficient (Wildman–Crippen LogP) is 2.43. The van der Waals surface area contributed by atoms with E-state index in [0.717, 1.165) is 0 Å². The molecule has 0 aromatic carbocycles. The Hall–Kier alpha value is -1.39. The van der Waals surface area contributed by atoms with Gasteiger partial charge in [-0.05, 0) is 13.8 Å². The highest BCUT2D eigenvalue weighted by Gasteiger charge is 1.62. The van der Waals surface area contributed by atoms with Gasteiger partial charge in [0.15, 0.2) is 0 Å². The van der Waals surface area contributed by atoms with E-state index in [1.807, 2.05) is 0 Å². The van der Waals surface area contributed by atoms with Crippen molar-refractivity contribution in [2.75, 3.05) is 0 Å². The molecule has 0 radical (unpaired) electrons. The van der Waals surface area contributed by atoms with Gasteiger partial charge in [0.2, 0.25) is 0 Å². The van der Waals surface area contributed by atoms with Crippen LogP contribution in [0.4, 0.5) is 0 Å². The molecule has 0 amide bonds. The van der Waals surface area contributed by atoms with Gasteiger partial charge in [0, 0.05) is 9.93 Å². The van der Waals surface area contributed by atoms with Crippen molar-refractivity contribution in [2.45, 2.75) is 51.0 Å². The lowest BCUT2D eigenvalue weighted by Crippen LogP contribution is -1.69. The van der Waals surface area contributed by atoms with Gasteiger partial charge in [-0.25, -0.2) is 0 Å². The first kappa shape index (κ1) is 102. The lowest BCUT2D eigenvalue weighted by Gasteiger charge is -1.56. The van der Waals surface area contributed by atoms with Crippen LogP contribution in [0, 0.1) is 9.93 Å². The number of Topliss-reactive ketones (excluding diaryl/α,β-unsaturated/α-hetero) is 1. The van der Waals surface area contributed by atoms with Crippen LogP contribution in [0.15, 0.2) is 0 Å². The minimum absolute atomic E-state index is 0. The SMILES string of the molecule is C.C.C.C.C.CC(C)=O.O.O=C=O.O=O. The fourth-order valence-electron chi connectivity index (χ4n) is 0. The molecule has 0 fully saturated rings. The van der Waals surface area contributed by atoms with Gasteiger partial charge < -0.3 is 10.3 Å². The zero-order valence-corrected chi connectivity index (χ0v) is 5.54. The second kappa shape index (κ2) is 250. The predicted molar refractivity (Wildman–Crippen MR) is 65.4 cm³/mol. The largest absolute Gasteiger partial charge is 0.412 e. The minimum atomic E-state index is 0. The Morgan fingerprint density at radius 2 is 0.800 bits per heavy atom. The van der Waals surface area contributed by atoms with Crippen molar-refractivity contribution in [1.29, 1.82) is 0 Å². The van der Waals surface area contributed by atoms with Crippen molar-refractivity contribution in [1.82, 2.24) is 0 Å². The zero-order chi connectivity index (χ0) is 8.28.